The van der Waals surface area contributed by atoms with E-state index in [1.807, 2.05) is 0 Å². The summed E-state index contributed by atoms with van der Waals surface area (Å²) < 4.78 is 20.5. The van der Waals surface area contributed by atoms with Crippen LogP contribution in [0.5, 0.6) is 0 Å². The van der Waals surface area contributed by atoms with E-state index in [0.29, 0.717) is 12.2 Å². The lowest BCUT2D eigenvalue weighted by atomic mass is 10.2. The van der Waals surface area contributed by atoms with Gasteiger partial charge in [-0.2, -0.15) is 5.10 Å². The van der Waals surface area contributed by atoms with Crippen molar-refractivity contribution in [3.63, 3.8) is 0 Å². The first kappa shape index (κ1) is 12.5. The fourth-order valence-corrected chi connectivity index (χ4v) is 2.01. The molecular weight excluding hydrogens is 265 g/mol. The minimum atomic E-state index is -0.503. The van der Waals surface area contributed by atoms with Crippen LogP contribution in [-0.4, -0.2) is 40.7 Å². The molecule has 1 saturated heterocycles. The number of ether oxygens (including phenoxy) is 1. The van der Waals surface area contributed by atoms with Crippen molar-refractivity contribution in [2.24, 2.45) is 0 Å². The molecule has 1 fully saturated rings. The van der Waals surface area contributed by atoms with Gasteiger partial charge in [-0.3, -0.25) is 10.2 Å². The van der Waals surface area contributed by atoms with E-state index < -0.39 is 11.9 Å². The molecule has 1 atom stereocenters. The molecule has 20 heavy (non-hydrogen) atoms. The number of nitrogens with zero attached hydrogens (tertiary/aromatic N) is 4. The molecule has 2 heterocycles. The van der Waals surface area contributed by atoms with Gasteiger partial charge in [0.1, 0.15) is 18.3 Å². The lowest BCUT2D eigenvalue weighted by molar-refractivity contribution is 0.128. The first-order valence-corrected chi connectivity index (χ1v) is 5.99. The van der Waals surface area contributed by atoms with Crippen molar-refractivity contribution in [3.05, 3.63) is 36.7 Å². The number of carbonyl (C=O) groups is 1. The van der Waals surface area contributed by atoms with Gasteiger partial charge in [-0.15, -0.1) is 0 Å². The molecule has 104 valence electrons. The van der Waals surface area contributed by atoms with Crippen molar-refractivity contribution in [1.29, 1.82) is 0 Å². The van der Waals surface area contributed by atoms with E-state index in [1.54, 1.807) is 19.2 Å². The summed E-state index contributed by atoms with van der Waals surface area (Å²) in [6.45, 7) is 0.331. The maximum atomic E-state index is 14.1. The van der Waals surface area contributed by atoms with Gasteiger partial charge in [0.05, 0.1) is 12.2 Å². The molecule has 2 aromatic rings. The number of aromatic nitrogens is 3. The molecular formula is C12H12FN5O2. The van der Waals surface area contributed by atoms with Crippen molar-refractivity contribution in [2.75, 3.05) is 18.5 Å². The number of halogens is 1. The van der Waals surface area contributed by atoms with E-state index in [-0.39, 0.29) is 11.9 Å². The molecule has 0 saturated carbocycles. The van der Waals surface area contributed by atoms with Crippen LogP contribution >= 0.6 is 0 Å². The van der Waals surface area contributed by atoms with Crippen molar-refractivity contribution in [2.45, 2.75) is 6.23 Å². The Morgan fingerprint density at radius 2 is 2.35 bits per heavy atom. The number of hydrogen-bond acceptors (Lipinski definition) is 5. The average Bonchev–Trinajstić information content (AvgIpc) is 3.07. The number of anilines is 1. The third kappa shape index (κ3) is 2.10. The summed E-state index contributed by atoms with van der Waals surface area (Å²) in [4.78, 5) is 16.8. The molecule has 1 amide bonds. The topological polar surface area (TPSA) is 72.3 Å². The summed E-state index contributed by atoms with van der Waals surface area (Å²) in [5.74, 6) is -0.492. The number of cyclic esters (lactones) is 1. The van der Waals surface area contributed by atoms with E-state index in [4.69, 9.17) is 4.74 Å². The Kier molecular flexibility index (Phi) is 3.07. The van der Waals surface area contributed by atoms with Crippen LogP contribution < -0.4 is 10.2 Å². The molecule has 1 aromatic carbocycles. The quantitative estimate of drug-likeness (QED) is 0.902. The zero-order chi connectivity index (χ0) is 14.1. The second kappa shape index (κ2) is 4.89. The van der Waals surface area contributed by atoms with Gasteiger partial charge < -0.3 is 4.74 Å². The van der Waals surface area contributed by atoms with Gasteiger partial charge in [0.2, 0.25) is 0 Å². The summed E-state index contributed by atoms with van der Waals surface area (Å²) in [5, 5.41) is 6.71. The SMILES string of the molecule is CN[C@@H]1CN(c2ccc(-n3cncn3)c(F)c2)C(=O)O1. The van der Waals surface area contributed by atoms with Crippen molar-refractivity contribution >= 4 is 11.8 Å². The highest BCUT2D eigenvalue weighted by Crippen LogP contribution is 2.24. The molecule has 0 spiro atoms. The van der Waals surface area contributed by atoms with Crippen molar-refractivity contribution < 1.29 is 13.9 Å². The molecule has 0 radical (unpaired) electrons. The van der Waals surface area contributed by atoms with Crippen LogP contribution in [0.3, 0.4) is 0 Å². The summed E-state index contributed by atoms with van der Waals surface area (Å²) >= 11 is 0. The van der Waals surface area contributed by atoms with Gasteiger partial charge in [0, 0.05) is 0 Å². The molecule has 0 bridgehead atoms. The smallest absolute Gasteiger partial charge is 0.416 e. The minimum Gasteiger partial charge on any atom is -0.428 e. The number of likely N-dealkylation sites (N-methyl/N-ethyl adjacent to an activating group) is 1. The van der Waals surface area contributed by atoms with Crippen LogP contribution in [0.1, 0.15) is 0 Å². The van der Waals surface area contributed by atoms with Gasteiger partial charge in [0.15, 0.2) is 12.0 Å². The third-order valence-corrected chi connectivity index (χ3v) is 3.04. The second-order valence-corrected chi connectivity index (χ2v) is 4.25. The van der Waals surface area contributed by atoms with Gasteiger partial charge in [-0.05, 0) is 25.2 Å². The average molecular weight is 277 g/mol. The summed E-state index contributed by atoms with van der Waals surface area (Å²) in [7, 11) is 1.69. The van der Waals surface area contributed by atoms with E-state index >= 15 is 0 Å². The first-order chi connectivity index (χ1) is 9.69. The minimum absolute atomic E-state index is 0.268. The maximum Gasteiger partial charge on any atom is 0.416 e. The Bertz CT molecular complexity index is 631. The van der Waals surface area contributed by atoms with Gasteiger partial charge in [0.25, 0.3) is 0 Å². The highest BCUT2D eigenvalue weighted by molar-refractivity contribution is 5.89. The largest absolute Gasteiger partial charge is 0.428 e. The summed E-state index contributed by atoms with van der Waals surface area (Å²) in [6.07, 6.45) is 1.83. The van der Waals surface area contributed by atoms with Gasteiger partial charge in [-0.25, -0.2) is 18.9 Å². The van der Waals surface area contributed by atoms with Crippen molar-refractivity contribution in [3.8, 4) is 5.69 Å². The Balaban J connectivity index is 1.89. The van der Waals surface area contributed by atoms with E-state index in [2.05, 4.69) is 15.4 Å². The fraction of sp³-hybridized carbons (Fsp3) is 0.250. The number of benzene rings is 1. The number of nitrogens with one attached hydrogen (secondary N) is 1. The molecule has 0 unspecified atom stereocenters. The molecule has 3 rings (SSSR count). The van der Waals surface area contributed by atoms with E-state index in [9.17, 15) is 9.18 Å². The van der Waals surface area contributed by atoms with Crippen LogP contribution in [0.4, 0.5) is 14.9 Å². The zero-order valence-electron chi connectivity index (χ0n) is 10.7. The molecule has 1 aliphatic heterocycles. The first-order valence-electron chi connectivity index (χ1n) is 5.99. The summed E-state index contributed by atoms with van der Waals surface area (Å²) in [6, 6.07) is 4.45. The molecule has 0 aliphatic carbocycles. The zero-order valence-corrected chi connectivity index (χ0v) is 10.7. The van der Waals surface area contributed by atoms with Crippen LogP contribution in [0, 0.1) is 5.82 Å². The highest BCUT2D eigenvalue weighted by Gasteiger charge is 2.31. The van der Waals surface area contributed by atoms with Gasteiger partial charge >= 0.3 is 6.09 Å². The predicted molar refractivity (Wildman–Crippen MR) is 68.0 cm³/mol. The Morgan fingerprint density at radius 3 is 2.95 bits per heavy atom. The standard InChI is InChI=1S/C12H12FN5O2/c1-14-11-5-17(12(19)20-11)8-2-3-10(9(13)4-8)18-7-15-6-16-18/h2-4,6-7,11,14H,5H2,1H3/t11-/m0/s1. The predicted octanol–water partition coefficient (Wildman–Crippen LogP) is 0.908. The Morgan fingerprint density at radius 1 is 1.50 bits per heavy atom. The monoisotopic (exact) mass is 277 g/mol. The molecule has 1 aliphatic rings. The number of rotatable bonds is 3. The number of hydrogen-bond donors (Lipinski definition) is 1. The van der Waals surface area contributed by atoms with Gasteiger partial charge in [-0.1, -0.05) is 0 Å². The Labute approximate surface area is 114 Å². The normalized spacial score (nSPS) is 18.4. The lowest BCUT2D eigenvalue weighted by Gasteiger charge is -2.14. The highest BCUT2D eigenvalue weighted by atomic mass is 19.1. The second-order valence-electron chi connectivity index (χ2n) is 4.25. The number of amides is 1. The van der Waals surface area contributed by atoms with Crippen LogP contribution in [0.2, 0.25) is 0 Å². The molecule has 7 nitrogen and oxygen atoms in total. The van der Waals surface area contributed by atoms with E-state index in [0.717, 1.165) is 0 Å². The number of carbonyl (C=O) groups excluding carboxylic acids is 1. The molecule has 1 N–H and O–H groups in total. The molecule has 8 heteroatoms. The van der Waals surface area contributed by atoms with Crippen molar-refractivity contribution in [1.82, 2.24) is 20.1 Å². The lowest BCUT2D eigenvalue weighted by Crippen LogP contribution is -2.30. The summed E-state index contributed by atoms with van der Waals surface area (Å²) in [5.41, 5.74) is 0.707. The van der Waals surface area contributed by atoms with Crippen LogP contribution in [-0.2, 0) is 4.74 Å². The third-order valence-electron chi connectivity index (χ3n) is 3.04. The van der Waals surface area contributed by atoms with Crippen LogP contribution in [0.15, 0.2) is 30.9 Å². The van der Waals surface area contributed by atoms with E-state index in [1.165, 1.54) is 28.3 Å². The Hall–Kier alpha value is -2.48. The maximum absolute atomic E-state index is 14.1. The molecule has 1 aromatic heterocycles. The fourth-order valence-electron chi connectivity index (χ4n) is 2.01. The van der Waals surface area contributed by atoms with Crippen LogP contribution in [0.25, 0.3) is 5.69 Å².